The van der Waals surface area contributed by atoms with Gasteiger partial charge in [-0.25, -0.2) is 15.0 Å². The third-order valence-corrected chi connectivity index (χ3v) is 3.85. The SMILES string of the molecule is Cc1cc(Nc2nccs2)nc([C@@H]2CCCCN2)n1. The third kappa shape index (κ3) is 3.08. The molecule has 0 aliphatic carbocycles. The lowest BCUT2D eigenvalue weighted by molar-refractivity contribution is 0.397. The largest absolute Gasteiger partial charge is 0.316 e. The molecule has 0 aromatic carbocycles. The highest BCUT2D eigenvalue weighted by molar-refractivity contribution is 7.13. The van der Waals surface area contributed by atoms with Crippen LogP contribution >= 0.6 is 11.3 Å². The Balaban J connectivity index is 1.82. The van der Waals surface area contributed by atoms with E-state index in [1.54, 1.807) is 17.5 Å². The molecule has 2 N–H and O–H groups in total. The summed E-state index contributed by atoms with van der Waals surface area (Å²) in [5, 5.41) is 9.52. The molecule has 1 saturated heterocycles. The van der Waals surface area contributed by atoms with Gasteiger partial charge in [-0.3, -0.25) is 0 Å². The molecule has 100 valence electrons. The van der Waals surface area contributed by atoms with Crippen LogP contribution < -0.4 is 10.6 Å². The van der Waals surface area contributed by atoms with Gasteiger partial charge in [-0.2, -0.15) is 0 Å². The first-order valence-corrected chi connectivity index (χ1v) is 7.45. The number of hydrogen-bond acceptors (Lipinski definition) is 6. The van der Waals surface area contributed by atoms with E-state index in [1.807, 2.05) is 18.4 Å². The maximum absolute atomic E-state index is 4.61. The topological polar surface area (TPSA) is 62.7 Å². The molecular formula is C13H17N5S. The molecule has 2 aromatic heterocycles. The molecular weight excluding hydrogens is 258 g/mol. The number of aromatic nitrogens is 3. The first-order valence-electron chi connectivity index (χ1n) is 6.57. The third-order valence-electron chi connectivity index (χ3n) is 3.16. The smallest absolute Gasteiger partial charge is 0.188 e. The fraction of sp³-hybridized carbons (Fsp3) is 0.462. The Kier molecular flexibility index (Phi) is 3.70. The fourth-order valence-corrected chi connectivity index (χ4v) is 2.81. The van der Waals surface area contributed by atoms with Gasteiger partial charge in [-0.1, -0.05) is 6.42 Å². The summed E-state index contributed by atoms with van der Waals surface area (Å²) in [6.07, 6.45) is 5.38. The molecule has 5 nitrogen and oxygen atoms in total. The molecule has 1 aliphatic rings. The quantitative estimate of drug-likeness (QED) is 0.902. The maximum Gasteiger partial charge on any atom is 0.188 e. The van der Waals surface area contributed by atoms with Crippen LogP contribution in [0.3, 0.4) is 0 Å². The lowest BCUT2D eigenvalue weighted by Crippen LogP contribution is -2.28. The standard InChI is InChI=1S/C13H17N5S/c1-9-8-11(18-13-15-6-7-19-13)17-12(16-9)10-4-2-3-5-14-10/h6-8,10,14H,2-5H2,1H3,(H,15,16,17,18)/t10-/m0/s1. The second-order valence-corrected chi connectivity index (χ2v) is 5.61. The summed E-state index contributed by atoms with van der Waals surface area (Å²) >= 11 is 1.57. The van der Waals surface area contributed by atoms with Gasteiger partial charge in [0, 0.05) is 23.3 Å². The molecule has 0 spiro atoms. The first-order chi connectivity index (χ1) is 9.31. The van der Waals surface area contributed by atoms with Crippen LogP contribution in [0.5, 0.6) is 0 Å². The Morgan fingerprint density at radius 2 is 2.32 bits per heavy atom. The zero-order valence-corrected chi connectivity index (χ0v) is 11.7. The summed E-state index contributed by atoms with van der Waals surface area (Å²) < 4.78 is 0. The Morgan fingerprint density at radius 1 is 1.37 bits per heavy atom. The van der Waals surface area contributed by atoms with Gasteiger partial charge < -0.3 is 10.6 Å². The number of nitrogens with zero attached hydrogens (tertiary/aromatic N) is 3. The van der Waals surface area contributed by atoms with Gasteiger partial charge in [0.1, 0.15) is 11.6 Å². The molecule has 1 aliphatic heterocycles. The molecule has 0 bridgehead atoms. The average molecular weight is 275 g/mol. The number of piperidine rings is 1. The average Bonchev–Trinajstić information content (AvgIpc) is 2.92. The molecule has 0 amide bonds. The van der Waals surface area contributed by atoms with E-state index >= 15 is 0 Å². The van der Waals surface area contributed by atoms with Gasteiger partial charge in [0.2, 0.25) is 0 Å². The first kappa shape index (κ1) is 12.5. The normalized spacial score (nSPS) is 19.3. The van der Waals surface area contributed by atoms with Crippen molar-refractivity contribution in [2.24, 2.45) is 0 Å². The molecule has 0 unspecified atom stereocenters. The van der Waals surface area contributed by atoms with E-state index in [-0.39, 0.29) is 6.04 Å². The van der Waals surface area contributed by atoms with Crippen LogP contribution in [-0.4, -0.2) is 21.5 Å². The fourth-order valence-electron chi connectivity index (χ4n) is 2.28. The van der Waals surface area contributed by atoms with Gasteiger partial charge >= 0.3 is 0 Å². The second-order valence-electron chi connectivity index (χ2n) is 4.72. The van der Waals surface area contributed by atoms with Gasteiger partial charge in [0.05, 0.1) is 6.04 Å². The lowest BCUT2D eigenvalue weighted by atomic mass is 10.0. The predicted octanol–water partition coefficient (Wildman–Crippen LogP) is 2.80. The van der Waals surface area contributed by atoms with E-state index in [0.717, 1.165) is 35.4 Å². The van der Waals surface area contributed by atoms with Crippen molar-refractivity contribution in [2.75, 3.05) is 11.9 Å². The summed E-state index contributed by atoms with van der Waals surface area (Å²) in [4.78, 5) is 13.4. The number of anilines is 2. The summed E-state index contributed by atoms with van der Waals surface area (Å²) in [6, 6.07) is 2.23. The number of rotatable bonds is 3. The molecule has 2 aromatic rings. The van der Waals surface area contributed by atoms with E-state index in [2.05, 4.69) is 25.6 Å². The second kappa shape index (κ2) is 5.63. The Hall–Kier alpha value is -1.53. The molecule has 1 atom stereocenters. The Labute approximate surface area is 116 Å². The molecule has 3 heterocycles. The molecule has 1 fully saturated rings. The summed E-state index contributed by atoms with van der Waals surface area (Å²) in [6.45, 7) is 3.05. The predicted molar refractivity (Wildman–Crippen MR) is 76.8 cm³/mol. The van der Waals surface area contributed by atoms with Crippen LogP contribution in [0.2, 0.25) is 0 Å². The molecule has 19 heavy (non-hydrogen) atoms. The van der Waals surface area contributed by atoms with Crippen LogP contribution in [-0.2, 0) is 0 Å². The number of hydrogen-bond donors (Lipinski definition) is 2. The van der Waals surface area contributed by atoms with Crippen molar-refractivity contribution in [3.63, 3.8) is 0 Å². The van der Waals surface area contributed by atoms with E-state index in [9.17, 15) is 0 Å². The molecule has 0 radical (unpaired) electrons. The van der Waals surface area contributed by atoms with Crippen molar-refractivity contribution < 1.29 is 0 Å². The zero-order valence-electron chi connectivity index (χ0n) is 10.9. The minimum absolute atomic E-state index is 0.283. The highest BCUT2D eigenvalue weighted by Crippen LogP contribution is 2.23. The summed E-state index contributed by atoms with van der Waals surface area (Å²) in [5.74, 6) is 1.71. The van der Waals surface area contributed by atoms with Crippen LogP contribution in [0.25, 0.3) is 0 Å². The van der Waals surface area contributed by atoms with Gasteiger partial charge in [-0.15, -0.1) is 11.3 Å². The summed E-state index contributed by atoms with van der Waals surface area (Å²) in [7, 11) is 0. The van der Waals surface area contributed by atoms with Crippen LogP contribution in [0.15, 0.2) is 17.6 Å². The van der Waals surface area contributed by atoms with E-state index in [4.69, 9.17) is 0 Å². The van der Waals surface area contributed by atoms with Crippen LogP contribution in [0, 0.1) is 6.92 Å². The number of aryl methyl sites for hydroxylation is 1. The van der Waals surface area contributed by atoms with Crippen molar-refractivity contribution in [3.8, 4) is 0 Å². The molecule has 0 saturated carbocycles. The van der Waals surface area contributed by atoms with Gasteiger partial charge in [0.25, 0.3) is 0 Å². The highest BCUT2D eigenvalue weighted by atomic mass is 32.1. The van der Waals surface area contributed by atoms with Crippen LogP contribution in [0.4, 0.5) is 10.9 Å². The van der Waals surface area contributed by atoms with Gasteiger partial charge in [0.15, 0.2) is 5.13 Å². The van der Waals surface area contributed by atoms with Crippen molar-refractivity contribution in [2.45, 2.75) is 32.2 Å². The Bertz CT molecular complexity index is 534. The van der Waals surface area contributed by atoms with E-state index < -0.39 is 0 Å². The lowest BCUT2D eigenvalue weighted by Gasteiger charge is -2.22. The minimum Gasteiger partial charge on any atom is -0.316 e. The van der Waals surface area contributed by atoms with Crippen molar-refractivity contribution in [3.05, 3.63) is 29.2 Å². The van der Waals surface area contributed by atoms with E-state index in [0.29, 0.717) is 0 Å². The highest BCUT2D eigenvalue weighted by Gasteiger charge is 2.18. The summed E-state index contributed by atoms with van der Waals surface area (Å²) in [5.41, 5.74) is 0.983. The monoisotopic (exact) mass is 275 g/mol. The van der Waals surface area contributed by atoms with Gasteiger partial charge in [-0.05, 0) is 26.3 Å². The minimum atomic E-state index is 0.283. The Morgan fingerprint density at radius 3 is 3.05 bits per heavy atom. The van der Waals surface area contributed by atoms with Crippen molar-refractivity contribution in [1.29, 1.82) is 0 Å². The van der Waals surface area contributed by atoms with Crippen molar-refractivity contribution in [1.82, 2.24) is 20.3 Å². The van der Waals surface area contributed by atoms with Crippen molar-refractivity contribution >= 4 is 22.3 Å². The zero-order chi connectivity index (χ0) is 13.1. The van der Waals surface area contributed by atoms with E-state index in [1.165, 1.54) is 12.8 Å². The molecule has 3 rings (SSSR count). The molecule has 6 heteroatoms. The number of thiazole rings is 1. The van der Waals surface area contributed by atoms with Crippen LogP contribution in [0.1, 0.15) is 36.8 Å². The number of nitrogens with one attached hydrogen (secondary N) is 2. The maximum atomic E-state index is 4.61.